The van der Waals surface area contributed by atoms with Crippen molar-refractivity contribution < 1.29 is 13.9 Å². The number of para-hydroxylation sites is 1. The molecule has 0 saturated carbocycles. The van der Waals surface area contributed by atoms with E-state index in [1.165, 1.54) is 4.88 Å². The number of aromatic nitrogens is 1. The maximum Gasteiger partial charge on any atom is 0.233 e. The van der Waals surface area contributed by atoms with Crippen LogP contribution < -0.4 is 9.64 Å². The van der Waals surface area contributed by atoms with Gasteiger partial charge < -0.3 is 9.15 Å². The molecular weight excluding hydrogens is 348 g/mol. The first-order valence-corrected chi connectivity index (χ1v) is 9.51. The molecule has 1 aliphatic carbocycles. The van der Waals surface area contributed by atoms with Gasteiger partial charge >= 0.3 is 0 Å². The second-order valence-corrected chi connectivity index (χ2v) is 7.21. The number of benzene rings is 1. The minimum absolute atomic E-state index is 0.0236. The lowest BCUT2D eigenvalue weighted by molar-refractivity contribution is -0.118. The number of carbonyl (C=O) groups is 1. The van der Waals surface area contributed by atoms with Gasteiger partial charge in [-0.25, -0.2) is 4.98 Å². The Morgan fingerprint density at radius 1 is 1.31 bits per heavy atom. The van der Waals surface area contributed by atoms with Gasteiger partial charge in [-0.2, -0.15) is 0 Å². The second kappa shape index (κ2) is 6.96. The van der Waals surface area contributed by atoms with Gasteiger partial charge in [0, 0.05) is 29.0 Å². The Hall–Kier alpha value is -2.60. The maximum absolute atomic E-state index is 12.9. The van der Waals surface area contributed by atoms with E-state index in [-0.39, 0.29) is 5.91 Å². The van der Waals surface area contributed by atoms with E-state index in [1.807, 2.05) is 37.3 Å². The van der Waals surface area contributed by atoms with Crippen molar-refractivity contribution in [1.29, 1.82) is 0 Å². The average Bonchev–Trinajstić information content (AvgIpc) is 3.28. The molecule has 0 fully saturated rings. The third kappa shape index (κ3) is 2.90. The molecule has 0 spiro atoms. The number of furan rings is 1. The van der Waals surface area contributed by atoms with Gasteiger partial charge in [0.05, 0.1) is 25.5 Å². The predicted octanol–water partition coefficient (Wildman–Crippen LogP) is 4.11. The van der Waals surface area contributed by atoms with Gasteiger partial charge in [0.15, 0.2) is 5.13 Å². The molecule has 0 unspecified atom stereocenters. The molecule has 26 heavy (non-hydrogen) atoms. The number of ether oxygens (including phenoxy) is 1. The number of anilines is 1. The Bertz CT molecular complexity index is 944. The summed E-state index contributed by atoms with van der Waals surface area (Å²) in [6, 6.07) is 9.59. The number of hydrogen-bond donors (Lipinski definition) is 0. The van der Waals surface area contributed by atoms with Gasteiger partial charge in [-0.1, -0.05) is 18.2 Å². The number of likely N-dealkylation sites (N-methyl/N-ethyl adjacent to an activating group) is 1. The highest BCUT2D eigenvalue weighted by Crippen LogP contribution is 2.39. The van der Waals surface area contributed by atoms with E-state index in [1.54, 1.807) is 29.6 Å². The molecule has 134 valence electrons. The summed E-state index contributed by atoms with van der Waals surface area (Å²) < 4.78 is 10.9. The summed E-state index contributed by atoms with van der Waals surface area (Å²) in [5.41, 5.74) is 2.91. The zero-order valence-electron chi connectivity index (χ0n) is 14.8. The average molecular weight is 368 g/mol. The summed E-state index contributed by atoms with van der Waals surface area (Å²) in [6.07, 6.45) is 3.80. The van der Waals surface area contributed by atoms with Crippen LogP contribution in [-0.4, -0.2) is 24.5 Å². The van der Waals surface area contributed by atoms with Gasteiger partial charge in [-0.05, 0) is 25.5 Å². The zero-order valence-corrected chi connectivity index (χ0v) is 15.6. The Kier molecular flexibility index (Phi) is 4.51. The lowest BCUT2D eigenvalue weighted by Gasteiger charge is -2.18. The molecule has 6 heteroatoms. The molecule has 1 aromatic carbocycles. The Labute approximate surface area is 156 Å². The minimum Gasteiger partial charge on any atom is -0.496 e. The molecule has 1 aliphatic rings. The Balaban J connectivity index is 1.61. The fourth-order valence-electron chi connectivity index (χ4n) is 3.33. The van der Waals surface area contributed by atoms with Crippen LogP contribution in [0, 0.1) is 0 Å². The highest BCUT2D eigenvalue weighted by Gasteiger charge is 2.26. The summed E-state index contributed by atoms with van der Waals surface area (Å²) in [7, 11) is 1.62. The van der Waals surface area contributed by atoms with Crippen molar-refractivity contribution in [2.24, 2.45) is 0 Å². The van der Waals surface area contributed by atoms with Crippen LogP contribution in [0.15, 0.2) is 41.0 Å². The van der Waals surface area contributed by atoms with E-state index in [0.717, 1.165) is 46.3 Å². The molecule has 0 radical (unpaired) electrons. The van der Waals surface area contributed by atoms with Gasteiger partial charge in [0.1, 0.15) is 11.5 Å². The first-order valence-electron chi connectivity index (χ1n) is 8.70. The third-order valence-corrected chi connectivity index (χ3v) is 5.79. The van der Waals surface area contributed by atoms with Crippen molar-refractivity contribution in [3.63, 3.8) is 0 Å². The summed E-state index contributed by atoms with van der Waals surface area (Å²) in [5, 5.41) is 0.756. The summed E-state index contributed by atoms with van der Waals surface area (Å²) in [6.45, 7) is 2.56. The van der Waals surface area contributed by atoms with Crippen molar-refractivity contribution in [2.45, 2.75) is 26.2 Å². The normalized spacial score (nSPS) is 12.4. The van der Waals surface area contributed by atoms with Crippen LogP contribution in [0.5, 0.6) is 5.75 Å². The van der Waals surface area contributed by atoms with E-state index in [0.29, 0.717) is 13.0 Å². The van der Waals surface area contributed by atoms with Crippen LogP contribution in [-0.2, 0) is 24.1 Å². The predicted molar refractivity (Wildman–Crippen MR) is 102 cm³/mol. The first kappa shape index (κ1) is 16.8. The topological polar surface area (TPSA) is 55.6 Å². The largest absolute Gasteiger partial charge is 0.496 e. The summed E-state index contributed by atoms with van der Waals surface area (Å²) >= 11 is 1.60. The van der Waals surface area contributed by atoms with Crippen molar-refractivity contribution in [3.05, 3.63) is 52.8 Å². The summed E-state index contributed by atoms with van der Waals surface area (Å²) in [5.74, 6) is 1.74. The van der Waals surface area contributed by atoms with Crippen LogP contribution in [0.3, 0.4) is 0 Å². The van der Waals surface area contributed by atoms with E-state index in [9.17, 15) is 4.79 Å². The number of rotatable bonds is 5. The van der Waals surface area contributed by atoms with Crippen LogP contribution in [0.4, 0.5) is 5.13 Å². The van der Waals surface area contributed by atoms with Crippen molar-refractivity contribution in [1.82, 2.24) is 4.98 Å². The van der Waals surface area contributed by atoms with Gasteiger partial charge in [-0.15, -0.1) is 11.3 Å². The van der Waals surface area contributed by atoms with Crippen LogP contribution in [0.2, 0.25) is 0 Å². The van der Waals surface area contributed by atoms with E-state index >= 15 is 0 Å². The van der Waals surface area contributed by atoms with E-state index < -0.39 is 0 Å². The number of thiazole rings is 1. The quantitative estimate of drug-likeness (QED) is 0.680. The van der Waals surface area contributed by atoms with Crippen LogP contribution >= 0.6 is 11.3 Å². The molecule has 0 aliphatic heterocycles. The van der Waals surface area contributed by atoms with Crippen molar-refractivity contribution in [3.8, 4) is 17.0 Å². The SMILES string of the molecule is CCN(C(=O)Cc1ccccc1OC)c1nc2c(s1)CCc1occc1-2. The van der Waals surface area contributed by atoms with Gasteiger partial charge in [-0.3, -0.25) is 9.69 Å². The number of methoxy groups -OCH3 is 1. The molecule has 2 aromatic heterocycles. The molecule has 4 rings (SSSR count). The molecule has 0 N–H and O–H groups in total. The second-order valence-electron chi connectivity index (χ2n) is 6.15. The number of fused-ring (bicyclic) bond motifs is 3. The molecule has 3 aromatic rings. The molecule has 0 saturated heterocycles. The molecule has 0 atom stereocenters. The minimum atomic E-state index is 0.0236. The van der Waals surface area contributed by atoms with Crippen molar-refractivity contribution in [2.75, 3.05) is 18.6 Å². The highest BCUT2D eigenvalue weighted by molar-refractivity contribution is 7.16. The fourth-order valence-corrected chi connectivity index (χ4v) is 4.49. The third-order valence-electron chi connectivity index (χ3n) is 4.65. The lowest BCUT2D eigenvalue weighted by atomic mass is 10.0. The molecule has 0 bridgehead atoms. The Morgan fingerprint density at radius 2 is 2.15 bits per heavy atom. The summed E-state index contributed by atoms with van der Waals surface area (Å²) in [4.78, 5) is 20.7. The van der Waals surface area contributed by atoms with Crippen molar-refractivity contribution >= 4 is 22.4 Å². The first-order chi connectivity index (χ1) is 12.7. The molecular formula is C20H20N2O3S. The maximum atomic E-state index is 12.9. The highest BCUT2D eigenvalue weighted by atomic mass is 32.1. The Morgan fingerprint density at radius 3 is 2.96 bits per heavy atom. The van der Waals surface area contributed by atoms with Crippen LogP contribution in [0.1, 0.15) is 23.1 Å². The smallest absolute Gasteiger partial charge is 0.233 e. The fraction of sp³-hybridized carbons (Fsp3) is 0.300. The zero-order chi connectivity index (χ0) is 18.1. The number of carbonyl (C=O) groups excluding carboxylic acids is 1. The van der Waals surface area contributed by atoms with E-state index in [2.05, 4.69) is 0 Å². The number of aryl methyl sites for hydroxylation is 2. The number of hydrogen-bond acceptors (Lipinski definition) is 5. The van der Waals surface area contributed by atoms with Gasteiger partial charge in [0.25, 0.3) is 0 Å². The molecule has 1 amide bonds. The lowest BCUT2D eigenvalue weighted by Crippen LogP contribution is -2.32. The number of nitrogens with zero attached hydrogens (tertiary/aromatic N) is 2. The number of amides is 1. The van der Waals surface area contributed by atoms with E-state index in [4.69, 9.17) is 14.1 Å². The molecule has 2 heterocycles. The monoisotopic (exact) mass is 368 g/mol. The molecule has 5 nitrogen and oxygen atoms in total. The van der Waals surface area contributed by atoms with Gasteiger partial charge in [0.2, 0.25) is 5.91 Å². The standard InChI is InChI=1S/C20H20N2O3S/c1-3-22(18(23)12-13-6-4-5-7-15(13)24-2)20-21-19-14-10-11-25-16(14)8-9-17(19)26-20/h4-7,10-11H,3,8-9,12H2,1-2H3. The van der Waals surface area contributed by atoms with Crippen LogP contribution in [0.25, 0.3) is 11.3 Å².